The largest absolute Gasteiger partial charge is 0.394 e. The van der Waals surface area contributed by atoms with Crippen molar-refractivity contribution >= 4 is 20.5 Å². The number of nitrogens with two attached hydrogens (primary N) is 1. The Bertz CT molecular complexity index is 538. The fraction of sp³-hybridized carbons (Fsp3) is 0.143. The zero-order valence-electron chi connectivity index (χ0n) is 8.64. The Morgan fingerprint density at radius 1 is 1.06 bits per heavy atom. The molecule has 0 radical (unpaired) electrons. The van der Waals surface area contributed by atoms with Gasteiger partial charge in [0.05, 0.1) is 4.90 Å². The first kappa shape index (κ1) is 16.0. The molecule has 0 saturated heterocycles. The third kappa shape index (κ3) is 7.79. The van der Waals surface area contributed by atoms with E-state index in [-0.39, 0.29) is 4.90 Å². The maximum Gasteiger partial charge on any atom is 0.394 e. The fourth-order valence-corrected chi connectivity index (χ4v) is 1.34. The van der Waals surface area contributed by atoms with E-state index in [1.807, 2.05) is 6.92 Å². The summed E-state index contributed by atoms with van der Waals surface area (Å²) in [6.45, 7) is 1.86. The molecule has 10 heteroatoms. The summed E-state index contributed by atoms with van der Waals surface area (Å²) in [5.41, 5.74) is 0.978. The van der Waals surface area contributed by atoms with Crippen molar-refractivity contribution in [1.29, 1.82) is 0 Å². The molecule has 8 nitrogen and oxygen atoms in total. The molecule has 1 aromatic rings. The summed E-state index contributed by atoms with van der Waals surface area (Å²) in [6.07, 6.45) is 0. The average Bonchev–Trinajstić information content (AvgIpc) is 2.16. The van der Waals surface area contributed by atoms with Gasteiger partial charge in [0.25, 0.3) is 0 Å². The topological polar surface area (TPSA) is 144 Å². The third-order valence-corrected chi connectivity index (χ3v) is 2.54. The Morgan fingerprint density at radius 2 is 1.41 bits per heavy atom. The van der Waals surface area contributed by atoms with Crippen molar-refractivity contribution in [2.45, 2.75) is 11.8 Å². The van der Waals surface area contributed by atoms with Crippen LogP contribution in [0.3, 0.4) is 0 Å². The second-order valence-corrected chi connectivity index (χ2v) is 5.28. The summed E-state index contributed by atoms with van der Waals surface area (Å²) >= 11 is 0. The van der Waals surface area contributed by atoms with E-state index in [1.54, 1.807) is 12.1 Å². The third-order valence-electron chi connectivity index (χ3n) is 1.44. The molecule has 0 spiro atoms. The van der Waals surface area contributed by atoms with E-state index < -0.39 is 20.5 Å². The van der Waals surface area contributed by atoms with E-state index >= 15 is 0 Å². The molecule has 1 aromatic carbocycles. The van der Waals surface area contributed by atoms with Crippen LogP contribution in [0.4, 0.5) is 0 Å². The van der Waals surface area contributed by atoms with Crippen LogP contribution in [0, 0.1) is 6.92 Å². The molecule has 0 saturated carbocycles. The molecule has 0 amide bonds. The number of rotatable bonds is 2. The number of hydrogen-bond acceptors (Lipinski definition) is 6. The lowest BCUT2D eigenvalue weighted by molar-refractivity contribution is 0.333. The van der Waals surface area contributed by atoms with E-state index in [2.05, 4.69) is 10.2 Å². The van der Waals surface area contributed by atoms with Crippen LogP contribution in [0.1, 0.15) is 5.56 Å². The highest BCUT2D eigenvalue weighted by atomic mass is 32.3. The molecule has 0 fully saturated rings. The van der Waals surface area contributed by atoms with Crippen molar-refractivity contribution in [3.63, 3.8) is 0 Å². The highest BCUT2D eigenvalue weighted by molar-refractivity contribution is 7.86. The fourth-order valence-electron chi connectivity index (χ4n) is 0.760. The summed E-state index contributed by atoms with van der Waals surface area (Å²) < 4.78 is 57.3. The van der Waals surface area contributed by atoms with Gasteiger partial charge in [0.2, 0.25) is 0 Å². The quantitative estimate of drug-likeness (QED) is 0.505. The maximum atomic E-state index is 11.0. The first-order chi connectivity index (χ1) is 7.56. The first-order valence-electron chi connectivity index (χ1n) is 3.96. The van der Waals surface area contributed by atoms with Crippen molar-refractivity contribution < 1.29 is 30.2 Å². The molecule has 0 unspecified atom stereocenters. The predicted molar refractivity (Wildman–Crippen MR) is 57.8 cm³/mol. The Hall–Kier alpha value is -1.04. The van der Waals surface area contributed by atoms with Gasteiger partial charge in [-0.05, 0) is 19.1 Å². The Morgan fingerprint density at radius 3 is 1.71 bits per heavy atom. The number of benzene rings is 1. The summed E-state index contributed by atoms with van der Waals surface area (Å²) in [5, 5.41) is 0. The molecule has 0 heterocycles. The molecular formula is C7H11NO7S2. The van der Waals surface area contributed by atoms with E-state index in [4.69, 9.17) is 17.5 Å². The van der Waals surface area contributed by atoms with Crippen molar-refractivity contribution in [1.82, 2.24) is 0 Å². The first-order valence-corrected chi connectivity index (χ1v) is 6.76. The van der Waals surface area contributed by atoms with Gasteiger partial charge in [-0.3, -0.25) is 9.11 Å². The van der Waals surface area contributed by atoms with Crippen molar-refractivity contribution in [3.05, 3.63) is 29.8 Å². The van der Waals surface area contributed by atoms with Crippen LogP contribution in [-0.2, 0) is 24.8 Å². The molecule has 0 aliphatic heterocycles. The van der Waals surface area contributed by atoms with Gasteiger partial charge >= 0.3 is 20.5 Å². The van der Waals surface area contributed by atoms with Crippen LogP contribution in [-0.4, -0.2) is 25.9 Å². The Balaban J connectivity index is 0.000000437. The average molecular weight is 285 g/mol. The van der Waals surface area contributed by atoms with Crippen molar-refractivity contribution in [2.75, 3.05) is 0 Å². The highest BCUT2D eigenvalue weighted by Gasteiger charge is 2.11. The highest BCUT2D eigenvalue weighted by Crippen LogP contribution is 2.10. The molecule has 0 bridgehead atoms. The van der Waals surface area contributed by atoms with Gasteiger partial charge in [-0.25, -0.2) is 0 Å². The van der Waals surface area contributed by atoms with Crippen molar-refractivity contribution in [2.24, 2.45) is 5.90 Å². The summed E-state index contributed by atoms with van der Waals surface area (Å²) in [7, 11) is -8.40. The van der Waals surface area contributed by atoms with Crippen LogP contribution in [0.25, 0.3) is 0 Å². The monoisotopic (exact) mass is 285 g/mol. The molecule has 4 N–H and O–H groups in total. The minimum absolute atomic E-state index is 0.0654. The van der Waals surface area contributed by atoms with Crippen molar-refractivity contribution in [3.8, 4) is 0 Å². The van der Waals surface area contributed by atoms with Crippen LogP contribution in [0.15, 0.2) is 29.2 Å². The molecule has 17 heavy (non-hydrogen) atoms. The van der Waals surface area contributed by atoms with Gasteiger partial charge in [-0.1, -0.05) is 17.7 Å². The zero-order chi connectivity index (χ0) is 13.7. The lowest BCUT2D eigenvalue weighted by atomic mass is 10.2. The normalized spacial score (nSPS) is 11.5. The minimum atomic E-state index is -4.67. The number of hydrogen-bond donors (Lipinski definition) is 3. The van der Waals surface area contributed by atoms with E-state index in [0.717, 1.165) is 5.56 Å². The lowest BCUT2D eigenvalue weighted by Crippen LogP contribution is -2.10. The van der Waals surface area contributed by atoms with Crippen LogP contribution >= 0.6 is 0 Å². The van der Waals surface area contributed by atoms with Crippen LogP contribution in [0.2, 0.25) is 0 Å². The summed E-state index contributed by atoms with van der Waals surface area (Å²) in [6, 6.07) is 6.23. The van der Waals surface area contributed by atoms with E-state index in [0.29, 0.717) is 0 Å². The summed E-state index contributed by atoms with van der Waals surface area (Å²) in [5.74, 6) is 4.59. The van der Waals surface area contributed by atoms with Gasteiger partial charge in [0.1, 0.15) is 0 Å². The zero-order valence-corrected chi connectivity index (χ0v) is 10.3. The van der Waals surface area contributed by atoms with Gasteiger partial charge in [-0.15, -0.1) is 0 Å². The lowest BCUT2D eigenvalue weighted by Gasteiger charge is -1.99. The smallest absolute Gasteiger partial charge is 0.264 e. The summed E-state index contributed by atoms with van der Waals surface area (Å²) in [4.78, 5) is 0.0654. The Labute approximate surface area is 98.7 Å². The Kier molecular flexibility index (Phi) is 5.68. The molecular weight excluding hydrogens is 274 g/mol. The molecule has 1 rings (SSSR count). The van der Waals surface area contributed by atoms with Crippen LogP contribution in [0.5, 0.6) is 0 Å². The minimum Gasteiger partial charge on any atom is -0.264 e. The maximum absolute atomic E-state index is 11.0. The second kappa shape index (κ2) is 6.05. The molecule has 0 aliphatic rings. The molecule has 0 aromatic heterocycles. The predicted octanol–water partition coefficient (Wildman–Crippen LogP) is -0.0788. The van der Waals surface area contributed by atoms with E-state index in [9.17, 15) is 8.42 Å². The van der Waals surface area contributed by atoms with Gasteiger partial charge in [0.15, 0.2) is 0 Å². The number of aryl methyl sites for hydroxylation is 1. The SMILES string of the molecule is Cc1ccc(S(=O)(=O)ON)cc1.O=S(=O)(O)O. The standard InChI is InChI=1S/C7H9NO3S.H2O4S/c1-6-2-4-7(5-3-6)12(9,10)11-8;1-5(2,3)4/h2-5H,8H2,1H3;(H2,1,2,3,4). The second-order valence-electron chi connectivity index (χ2n) is 2.81. The van der Waals surface area contributed by atoms with Gasteiger partial charge in [0, 0.05) is 0 Å². The molecule has 0 aliphatic carbocycles. The van der Waals surface area contributed by atoms with Crippen LogP contribution < -0.4 is 5.90 Å². The van der Waals surface area contributed by atoms with E-state index in [1.165, 1.54) is 12.1 Å². The molecule has 98 valence electrons. The van der Waals surface area contributed by atoms with Gasteiger partial charge in [-0.2, -0.15) is 27.0 Å². The van der Waals surface area contributed by atoms with Gasteiger partial charge < -0.3 is 0 Å². The molecule has 0 atom stereocenters.